The standard InChI is InChI=1S/C13H16N4O/c1-7-5-8(2)10(12(18-4)9(7)3)11-13(14)15-6-16-17-11/h5-6H,1-4H3,(H2,14,15,16). The molecule has 2 N–H and O–H groups in total. The number of aryl methyl sites for hydroxylation is 2. The van der Waals surface area contributed by atoms with Crippen molar-refractivity contribution in [1.82, 2.24) is 15.2 Å². The molecule has 1 aromatic carbocycles. The molecule has 0 radical (unpaired) electrons. The molecule has 0 spiro atoms. The third-order valence-corrected chi connectivity index (χ3v) is 3.08. The lowest BCUT2D eigenvalue weighted by Crippen LogP contribution is -2.03. The van der Waals surface area contributed by atoms with Crippen LogP contribution in [0.5, 0.6) is 5.75 Å². The first-order valence-electron chi connectivity index (χ1n) is 5.64. The number of aromatic nitrogens is 3. The van der Waals surface area contributed by atoms with Crippen molar-refractivity contribution in [2.45, 2.75) is 20.8 Å². The van der Waals surface area contributed by atoms with E-state index in [0.717, 1.165) is 22.4 Å². The van der Waals surface area contributed by atoms with E-state index in [1.54, 1.807) is 7.11 Å². The van der Waals surface area contributed by atoms with E-state index in [-0.39, 0.29) is 0 Å². The fourth-order valence-electron chi connectivity index (χ4n) is 2.06. The summed E-state index contributed by atoms with van der Waals surface area (Å²) in [7, 11) is 1.64. The smallest absolute Gasteiger partial charge is 0.153 e. The van der Waals surface area contributed by atoms with Gasteiger partial charge in [-0.1, -0.05) is 6.07 Å². The van der Waals surface area contributed by atoms with E-state index in [1.165, 1.54) is 11.9 Å². The summed E-state index contributed by atoms with van der Waals surface area (Å²) < 4.78 is 5.50. The van der Waals surface area contributed by atoms with E-state index in [0.29, 0.717) is 11.5 Å². The summed E-state index contributed by atoms with van der Waals surface area (Å²) in [5.41, 5.74) is 10.6. The topological polar surface area (TPSA) is 73.9 Å². The Labute approximate surface area is 106 Å². The molecule has 1 aromatic heterocycles. The number of ether oxygens (including phenoxy) is 1. The molecular weight excluding hydrogens is 228 g/mol. The van der Waals surface area contributed by atoms with Gasteiger partial charge in [0.2, 0.25) is 0 Å². The molecule has 5 heteroatoms. The van der Waals surface area contributed by atoms with E-state index in [9.17, 15) is 0 Å². The van der Waals surface area contributed by atoms with Gasteiger partial charge < -0.3 is 10.5 Å². The van der Waals surface area contributed by atoms with Crippen molar-refractivity contribution in [2.75, 3.05) is 12.8 Å². The van der Waals surface area contributed by atoms with E-state index < -0.39 is 0 Å². The largest absolute Gasteiger partial charge is 0.496 e. The van der Waals surface area contributed by atoms with Gasteiger partial charge in [-0.3, -0.25) is 0 Å². The molecule has 0 aliphatic carbocycles. The second kappa shape index (κ2) is 4.60. The van der Waals surface area contributed by atoms with Crippen molar-refractivity contribution >= 4 is 5.82 Å². The molecule has 0 fully saturated rings. The molecule has 0 bridgehead atoms. The molecule has 18 heavy (non-hydrogen) atoms. The molecule has 0 saturated heterocycles. The van der Waals surface area contributed by atoms with Crippen molar-refractivity contribution in [3.8, 4) is 17.0 Å². The third kappa shape index (κ3) is 1.88. The van der Waals surface area contributed by atoms with Crippen LogP contribution in [-0.4, -0.2) is 22.3 Å². The van der Waals surface area contributed by atoms with Gasteiger partial charge in [0.25, 0.3) is 0 Å². The maximum absolute atomic E-state index is 5.86. The first-order valence-corrected chi connectivity index (χ1v) is 5.64. The lowest BCUT2D eigenvalue weighted by atomic mass is 9.97. The van der Waals surface area contributed by atoms with Crippen LogP contribution in [-0.2, 0) is 0 Å². The Bertz CT molecular complexity index is 596. The van der Waals surface area contributed by atoms with E-state index in [2.05, 4.69) is 21.2 Å². The fraction of sp³-hybridized carbons (Fsp3) is 0.308. The Hall–Kier alpha value is -2.17. The van der Waals surface area contributed by atoms with Gasteiger partial charge in [0, 0.05) is 0 Å². The van der Waals surface area contributed by atoms with Crippen molar-refractivity contribution in [3.63, 3.8) is 0 Å². The molecule has 0 aliphatic rings. The molecular formula is C13H16N4O. The Morgan fingerprint density at radius 3 is 2.50 bits per heavy atom. The zero-order valence-corrected chi connectivity index (χ0v) is 11.0. The van der Waals surface area contributed by atoms with Crippen LogP contribution in [0.4, 0.5) is 5.82 Å². The summed E-state index contributed by atoms with van der Waals surface area (Å²) in [5.74, 6) is 1.14. The number of nitrogen functional groups attached to an aromatic ring is 1. The highest BCUT2D eigenvalue weighted by Gasteiger charge is 2.18. The van der Waals surface area contributed by atoms with Gasteiger partial charge in [0.1, 0.15) is 17.8 Å². The predicted molar refractivity (Wildman–Crippen MR) is 70.4 cm³/mol. The van der Waals surface area contributed by atoms with E-state index >= 15 is 0 Å². The van der Waals surface area contributed by atoms with Gasteiger partial charge in [-0.05, 0) is 37.5 Å². The number of anilines is 1. The maximum Gasteiger partial charge on any atom is 0.153 e. The van der Waals surface area contributed by atoms with Crippen LogP contribution >= 0.6 is 0 Å². The minimum Gasteiger partial charge on any atom is -0.496 e. The second-order valence-corrected chi connectivity index (χ2v) is 4.24. The average Bonchev–Trinajstić information content (AvgIpc) is 2.34. The zero-order valence-electron chi connectivity index (χ0n) is 11.0. The lowest BCUT2D eigenvalue weighted by molar-refractivity contribution is 0.412. The lowest BCUT2D eigenvalue weighted by Gasteiger charge is -2.16. The molecule has 2 rings (SSSR count). The third-order valence-electron chi connectivity index (χ3n) is 3.08. The van der Waals surface area contributed by atoms with E-state index in [1.807, 2.05) is 20.8 Å². The highest BCUT2D eigenvalue weighted by atomic mass is 16.5. The minimum absolute atomic E-state index is 0.356. The highest BCUT2D eigenvalue weighted by Crippen LogP contribution is 2.37. The molecule has 1 heterocycles. The quantitative estimate of drug-likeness (QED) is 0.875. The summed E-state index contributed by atoms with van der Waals surface area (Å²) in [6, 6.07) is 2.08. The first-order chi connectivity index (χ1) is 8.56. The molecule has 5 nitrogen and oxygen atoms in total. The Balaban J connectivity index is 2.79. The van der Waals surface area contributed by atoms with Gasteiger partial charge in [0.05, 0.1) is 12.7 Å². The number of hydrogen-bond donors (Lipinski definition) is 1. The number of methoxy groups -OCH3 is 1. The summed E-state index contributed by atoms with van der Waals surface area (Å²) in [6.45, 7) is 6.06. The van der Waals surface area contributed by atoms with Gasteiger partial charge in [-0.2, -0.15) is 0 Å². The molecule has 2 aromatic rings. The number of nitrogens with two attached hydrogens (primary N) is 1. The maximum atomic E-state index is 5.86. The first kappa shape index (κ1) is 12.3. The van der Waals surface area contributed by atoms with Crippen LogP contribution in [0.2, 0.25) is 0 Å². The number of benzene rings is 1. The van der Waals surface area contributed by atoms with Crippen LogP contribution in [0.15, 0.2) is 12.4 Å². The van der Waals surface area contributed by atoms with Crippen molar-refractivity contribution in [1.29, 1.82) is 0 Å². The van der Waals surface area contributed by atoms with Gasteiger partial charge in [0.15, 0.2) is 5.82 Å². The van der Waals surface area contributed by atoms with Crippen molar-refractivity contribution in [2.24, 2.45) is 0 Å². The summed E-state index contributed by atoms with van der Waals surface area (Å²) >= 11 is 0. The van der Waals surface area contributed by atoms with Crippen LogP contribution in [0.3, 0.4) is 0 Å². The zero-order chi connectivity index (χ0) is 13.3. The minimum atomic E-state index is 0.356. The predicted octanol–water partition coefficient (Wildman–Crippen LogP) is 2.05. The van der Waals surface area contributed by atoms with Gasteiger partial charge >= 0.3 is 0 Å². The Morgan fingerprint density at radius 1 is 1.17 bits per heavy atom. The molecule has 0 aliphatic heterocycles. The van der Waals surface area contributed by atoms with Crippen molar-refractivity contribution < 1.29 is 4.74 Å². The highest BCUT2D eigenvalue weighted by molar-refractivity contribution is 5.79. The van der Waals surface area contributed by atoms with Crippen LogP contribution in [0.1, 0.15) is 16.7 Å². The molecule has 94 valence electrons. The van der Waals surface area contributed by atoms with Crippen LogP contribution in [0, 0.1) is 20.8 Å². The SMILES string of the molecule is COc1c(C)c(C)cc(C)c1-c1nncnc1N. The van der Waals surface area contributed by atoms with Gasteiger partial charge in [-0.15, -0.1) is 10.2 Å². The summed E-state index contributed by atoms with van der Waals surface area (Å²) in [6.07, 6.45) is 1.34. The monoisotopic (exact) mass is 244 g/mol. The summed E-state index contributed by atoms with van der Waals surface area (Å²) in [4.78, 5) is 3.97. The molecule has 0 atom stereocenters. The molecule has 0 unspecified atom stereocenters. The number of rotatable bonds is 2. The van der Waals surface area contributed by atoms with Crippen LogP contribution in [0.25, 0.3) is 11.3 Å². The van der Waals surface area contributed by atoms with Crippen LogP contribution < -0.4 is 10.5 Å². The number of nitrogens with zero attached hydrogens (tertiary/aromatic N) is 3. The number of hydrogen-bond acceptors (Lipinski definition) is 5. The summed E-state index contributed by atoms with van der Waals surface area (Å²) in [5, 5.41) is 7.87. The molecule has 0 amide bonds. The Kier molecular flexibility index (Phi) is 3.14. The van der Waals surface area contributed by atoms with E-state index in [4.69, 9.17) is 10.5 Å². The Morgan fingerprint density at radius 2 is 1.89 bits per heavy atom. The fourth-order valence-corrected chi connectivity index (χ4v) is 2.06. The molecule has 0 saturated carbocycles. The normalized spacial score (nSPS) is 10.4. The average molecular weight is 244 g/mol. The van der Waals surface area contributed by atoms with Crippen molar-refractivity contribution in [3.05, 3.63) is 29.1 Å². The second-order valence-electron chi connectivity index (χ2n) is 4.24. The van der Waals surface area contributed by atoms with Gasteiger partial charge in [-0.25, -0.2) is 4.98 Å².